The minimum Gasteiger partial charge on any atom is -0.462 e. The highest BCUT2D eigenvalue weighted by molar-refractivity contribution is 6.45. The number of ether oxygens (including phenoxy) is 6. The number of carbonyl (C=O) groups excluding carboxylic acids is 8. The minimum atomic E-state index is -1.34. The highest BCUT2D eigenvalue weighted by Crippen LogP contribution is 2.59. The van der Waals surface area contributed by atoms with E-state index in [-0.39, 0.29) is 90.9 Å². The molecule has 120 heavy (non-hydrogen) atoms. The van der Waals surface area contributed by atoms with Gasteiger partial charge in [0.2, 0.25) is 11.8 Å². The van der Waals surface area contributed by atoms with Crippen molar-refractivity contribution in [3.8, 4) is 46.0 Å². The quantitative estimate of drug-likeness (QED) is 0.0189. The fraction of sp³-hybridized carbons (Fsp3) is 0.333. The van der Waals surface area contributed by atoms with Crippen molar-refractivity contribution in [1.82, 2.24) is 9.80 Å². The average Bonchev–Trinajstić information content (AvgIpc) is 0.669. The second kappa shape index (κ2) is 33.0. The van der Waals surface area contributed by atoms with Crippen LogP contribution in [0.3, 0.4) is 0 Å². The van der Waals surface area contributed by atoms with Crippen LogP contribution >= 0.6 is 0 Å². The first-order chi connectivity index (χ1) is 57.2. The zero-order valence-corrected chi connectivity index (χ0v) is 70.6. The van der Waals surface area contributed by atoms with Gasteiger partial charge in [0, 0.05) is 79.5 Å². The molecule has 0 aromatic heterocycles. The number of carbonyl (C=O) groups is 8. The molecule has 2 aliphatic carbocycles. The predicted octanol–water partition coefficient (Wildman–Crippen LogP) is 23.0. The molecule has 2 fully saturated rings. The summed E-state index contributed by atoms with van der Waals surface area (Å²) in [6.07, 6.45) is 9.95. The molecule has 2 aliphatic heterocycles. The van der Waals surface area contributed by atoms with Gasteiger partial charge in [0.15, 0.2) is 0 Å². The second-order valence-electron chi connectivity index (χ2n) is 36.5. The van der Waals surface area contributed by atoms with Gasteiger partial charge in [-0.2, -0.15) is 0 Å². The Kier molecular flexibility index (Phi) is 22.8. The highest BCUT2D eigenvalue weighted by atomic mass is 16.5. The predicted molar refractivity (Wildman–Crippen MR) is 470 cm³/mol. The van der Waals surface area contributed by atoms with Gasteiger partial charge in [0.05, 0.1) is 35.5 Å². The molecule has 11 aromatic rings. The molecule has 18 heteroatoms. The standard InChI is InChI=1S/C102H104N4O14/c1-15-81(107)115-53-51-59-27-39-67(40-28-59)103-93(109)91(61-23-19-17-20-24-61)105-95(111)73-55-77(117-69-43-31-63(32-44-69)99(3,4)5)85-87-79(119-71-47-35-65(36-48-71)101(9,10)11)57-75-84-76(98(114)106(97(75)113)92(62-25-21-18-22-26-62)94(110)104-68-41-29-60(30-42-68)52-54-116-82(108)16-2)58-80(120-72-49-37-66(38-50-72)102(12,13)14)88(90(84)87)86-78(56-74(96(105)112)83(73)89(85)86)118-70-45-33-64(34-46-70)100(6,7)8/h15-16,27-50,55-58,61-62,91-92H,1-2,17-26,51-54H2,3-14H3,(H,103,109)(H,104,110). The van der Waals surface area contributed by atoms with Gasteiger partial charge in [0.25, 0.3) is 23.6 Å². The Hall–Kier alpha value is -12.4. The van der Waals surface area contributed by atoms with Crippen molar-refractivity contribution < 1.29 is 66.8 Å². The van der Waals surface area contributed by atoms with Crippen molar-refractivity contribution in [2.45, 2.75) is 194 Å². The smallest absolute Gasteiger partial charge is 0.330 e. The molecular formula is C102H104N4O14. The van der Waals surface area contributed by atoms with E-state index in [0.29, 0.717) is 105 Å². The molecule has 11 aromatic carbocycles. The summed E-state index contributed by atoms with van der Waals surface area (Å²) in [7, 11) is 0. The average molecular weight is 1610 g/mol. The Labute approximate surface area is 700 Å². The fourth-order valence-corrected chi connectivity index (χ4v) is 17.6. The van der Waals surface area contributed by atoms with Crippen LogP contribution in [0, 0.1) is 11.8 Å². The summed E-state index contributed by atoms with van der Waals surface area (Å²) in [5, 5.41) is 8.48. The molecule has 0 spiro atoms. The molecule has 0 radical (unpaired) electrons. The number of hydrogen-bond donors (Lipinski definition) is 2. The van der Waals surface area contributed by atoms with Crippen LogP contribution in [-0.2, 0) is 63.2 Å². The topological polar surface area (TPSA) is 222 Å². The molecule has 6 amide bonds. The fourth-order valence-electron chi connectivity index (χ4n) is 17.6. The number of nitrogens with zero attached hydrogens (tertiary/aromatic N) is 2. The van der Waals surface area contributed by atoms with E-state index in [4.69, 9.17) is 28.4 Å². The molecule has 18 nitrogen and oxygen atoms in total. The van der Waals surface area contributed by atoms with Crippen LogP contribution in [0.15, 0.2) is 195 Å². The molecule has 616 valence electrons. The number of rotatable bonds is 24. The van der Waals surface area contributed by atoms with Crippen molar-refractivity contribution in [1.29, 1.82) is 0 Å². The van der Waals surface area contributed by atoms with Gasteiger partial charge in [0.1, 0.15) is 58.1 Å². The minimum absolute atomic E-state index is 0.0344. The van der Waals surface area contributed by atoms with Crippen LogP contribution in [0.1, 0.15) is 222 Å². The number of esters is 2. The number of amides is 6. The van der Waals surface area contributed by atoms with E-state index in [1.807, 2.05) is 121 Å². The molecule has 4 aliphatic rings. The zero-order valence-electron chi connectivity index (χ0n) is 70.6. The Morgan fingerprint density at radius 3 is 0.842 bits per heavy atom. The number of fused-ring (bicyclic) bond motifs is 2. The van der Waals surface area contributed by atoms with Crippen molar-refractivity contribution >= 4 is 102 Å². The van der Waals surface area contributed by atoms with E-state index in [1.54, 1.807) is 48.5 Å². The van der Waals surface area contributed by atoms with Crippen LogP contribution in [0.25, 0.3) is 43.1 Å². The second-order valence-corrected chi connectivity index (χ2v) is 36.5. The normalized spacial score (nSPS) is 15.4. The summed E-state index contributed by atoms with van der Waals surface area (Å²) in [5.41, 5.74) is 5.57. The Balaban J connectivity index is 1.03. The summed E-state index contributed by atoms with van der Waals surface area (Å²) in [6.45, 7) is 32.6. The molecule has 2 heterocycles. The van der Waals surface area contributed by atoms with Crippen molar-refractivity contribution in [2.24, 2.45) is 11.8 Å². The Bertz CT molecular complexity index is 5260. The molecule has 2 unspecified atom stereocenters. The van der Waals surface area contributed by atoms with Gasteiger partial charge in [-0.1, -0.05) is 208 Å². The van der Waals surface area contributed by atoms with Crippen LogP contribution in [0.5, 0.6) is 46.0 Å². The van der Waals surface area contributed by atoms with Crippen LogP contribution < -0.4 is 29.6 Å². The molecule has 0 bridgehead atoms. The Morgan fingerprint density at radius 2 is 0.608 bits per heavy atom. The van der Waals surface area contributed by atoms with Crippen molar-refractivity contribution in [3.05, 3.63) is 251 Å². The van der Waals surface area contributed by atoms with Gasteiger partial charge >= 0.3 is 11.9 Å². The van der Waals surface area contributed by atoms with E-state index >= 15 is 28.8 Å². The number of hydrogen-bond acceptors (Lipinski definition) is 14. The molecule has 0 saturated heterocycles. The number of nitrogens with one attached hydrogen (secondary N) is 2. The SMILES string of the molecule is C=CC(=O)OCCc1ccc(NC(=O)C(C2CCCCC2)N2C(=O)c3cc(Oc4ccc(C(C)(C)C)cc4)c4c5c(Oc6ccc(C(C)(C)C)cc6)cc6c7c(cc(Oc8ccc(C(C)(C)C)cc8)c(c8c(Oc9ccc(C(C)(C)C)cc9)cc(c3c48)C2=O)c75)C(=O)N(C(C(=O)Nc2ccc(CCOC(=O)C=C)cc2)C2CCCCC2)C6=O)cc1. The monoisotopic (exact) mass is 1610 g/mol. The number of imide groups is 2. The van der Waals surface area contributed by atoms with Crippen LogP contribution in [-0.4, -0.2) is 82.5 Å². The van der Waals surface area contributed by atoms with E-state index in [9.17, 15) is 9.59 Å². The van der Waals surface area contributed by atoms with E-state index in [1.165, 1.54) is 0 Å². The summed E-state index contributed by atoms with van der Waals surface area (Å²) in [4.78, 5) is 126. The lowest BCUT2D eigenvalue weighted by Crippen LogP contribution is -2.55. The highest BCUT2D eigenvalue weighted by Gasteiger charge is 2.50. The van der Waals surface area contributed by atoms with E-state index in [0.717, 1.165) is 93.9 Å². The number of benzene rings is 11. The molecule has 15 rings (SSSR count). The lowest BCUT2D eigenvalue weighted by Gasteiger charge is -2.39. The van der Waals surface area contributed by atoms with Crippen molar-refractivity contribution in [2.75, 3.05) is 23.8 Å². The molecule has 2 N–H and O–H groups in total. The van der Waals surface area contributed by atoms with Crippen molar-refractivity contribution in [3.63, 3.8) is 0 Å². The van der Waals surface area contributed by atoms with Gasteiger partial charge < -0.3 is 39.1 Å². The maximum Gasteiger partial charge on any atom is 0.330 e. The maximum absolute atomic E-state index is 17.0. The Morgan fingerprint density at radius 1 is 0.358 bits per heavy atom. The van der Waals surface area contributed by atoms with Crippen LogP contribution in [0.4, 0.5) is 11.4 Å². The third kappa shape index (κ3) is 16.6. The maximum atomic E-state index is 17.0. The van der Waals surface area contributed by atoms with Gasteiger partial charge in [-0.3, -0.25) is 38.6 Å². The van der Waals surface area contributed by atoms with E-state index < -0.39 is 71.3 Å². The molecular weight excluding hydrogens is 1510 g/mol. The van der Waals surface area contributed by atoms with E-state index in [2.05, 4.69) is 107 Å². The van der Waals surface area contributed by atoms with Gasteiger partial charge in [-0.25, -0.2) is 9.59 Å². The third-order valence-electron chi connectivity index (χ3n) is 24.1. The summed E-state index contributed by atoms with van der Waals surface area (Å²) in [6, 6.07) is 49.0. The van der Waals surface area contributed by atoms with Crippen LogP contribution in [0.2, 0.25) is 0 Å². The van der Waals surface area contributed by atoms with Gasteiger partial charge in [-0.15, -0.1) is 0 Å². The summed E-state index contributed by atoms with van der Waals surface area (Å²) >= 11 is 0. The first-order valence-corrected chi connectivity index (χ1v) is 41.9. The summed E-state index contributed by atoms with van der Waals surface area (Å²) in [5.74, 6) is -4.30. The molecule has 2 atom stereocenters. The zero-order chi connectivity index (χ0) is 85.0. The molecule has 2 saturated carbocycles. The summed E-state index contributed by atoms with van der Waals surface area (Å²) < 4.78 is 40.5. The van der Waals surface area contributed by atoms with Gasteiger partial charge in [-0.05, 0) is 190 Å². The first kappa shape index (κ1) is 82.7. The largest absolute Gasteiger partial charge is 0.462 e. The lowest BCUT2D eigenvalue weighted by atomic mass is 9.78. The number of anilines is 2. The third-order valence-corrected chi connectivity index (χ3v) is 24.1. The lowest BCUT2D eigenvalue weighted by molar-refractivity contribution is -0.138. The first-order valence-electron chi connectivity index (χ1n) is 41.9.